The molecule has 0 aliphatic carbocycles. The largest absolute Gasteiger partial charge is 0.496 e. The molecular formula is C24H21FN2O2. The minimum atomic E-state index is -0.759. The quantitative estimate of drug-likeness (QED) is 0.500. The minimum absolute atomic E-state index is 0.233. The number of halogens is 1. The van der Waals surface area contributed by atoms with Gasteiger partial charge in [-0.25, -0.2) is 9.37 Å². The van der Waals surface area contributed by atoms with Crippen LogP contribution in [0, 0.1) is 5.82 Å². The molecule has 4 aromatic rings. The number of rotatable bonds is 6. The summed E-state index contributed by atoms with van der Waals surface area (Å²) in [4.78, 5) is 4.56. The second kappa shape index (κ2) is 8.29. The second-order valence-corrected chi connectivity index (χ2v) is 6.70. The molecular weight excluding hydrogens is 367 g/mol. The van der Waals surface area contributed by atoms with Crippen molar-refractivity contribution in [3.63, 3.8) is 0 Å². The third-order valence-electron chi connectivity index (χ3n) is 4.87. The number of aromatic nitrogens is 2. The molecule has 1 heterocycles. The van der Waals surface area contributed by atoms with Crippen LogP contribution in [0.4, 0.5) is 4.39 Å². The second-order valence-electron chi connectivity index (χ2n) is 6.70. The van der Waals surface area contributed by atoms with Crippen LogP contribution in [0.3, 0.4) is 0 Å². The van der Waals surface area contributed by atoms with Crippen molar-refractivity contribution in [3.05, 3.63) is 96.6 Å². The summed E-state index contributed by atoms with van der Waals surface area (Å²) in [5, 5.41) is 10.7. The zero-order chi connectivity index (χ0) is 20.2. The molecule has 0 fully saturated rings. The smallest absolute Gasteiger partial charge is 0.136 e. The Hall–Kier alpha value is -3.44. The highest BCUT2D eigenvalue weighted by atomic mass is 19.1. The lowest BCUT2D eigenvalue weighted by Crippen LogP contribution is -2.10. The number of methoxy groups -OCH3 is 1. The molecule has 0 unspecified atom stereocenters. The van der Waals surface area contributed by atoms with Crippen LogP contribution < -0.4 is 4.74 Å². The number of hydrogen-bond donors (Lipinski definition) is 1. The summed E-state index contributed by atoms with van der Waals surface area (Å²) in [6.07, 6.45) is 0.876. The monoisotopic (exact) mass is 388 g/mol. The highest BCUT2D eigenvalue weighted by Gasteiger charge is 2.23. The lowest BCUT2D eigenvalue weighted by atomic mass is 10.0. The standard InChI is InChI=1S/C24H21FN2O2/c1-29-21-14-8-13-19(25)22(21)24-23(18-11-6-3-7-12-18)26-16-27(24)15-20(28)17-9-4-2-5-10-17/h2-14,16,20,28H,15H2,1H3/t20-/m1/s1. The Morgan fingerprint density at radius 2 is 1.66 bits per heavy atom. The molecule has 1 N–H and O–H groups in total. The van der Waals surface area contributed by atoms with Gasteiger partial charge in [0.2, 0.25) is 0 Å². The summed E-state index contributed by atoms with van der Waals surface area (Å²) in [5.74, 6) is 0.00983. The third-order valence-corrected chi connectivity index (χ3v) is 4.87. The Balaban J connectivity index is 1.86. The van der Waals surface area contributed by atoms with Crippen LogP contribution in [0.5, 0.6) is 5.75 Å². The van der Waals surface area contributed by atoms with E-state index in [0.29, 0.717) is 22.7 Å². The molecule has 0 amide bonds. The Morgan fingerprint density at radius 3 is 2.34 bits per heavy atom. The first-order valence-electron chi connectivity index (χ1n) is 9.35. The van der Waals surface area contributed by atoms with E-state index in [1.165, 1.54) is 13.2 Å². The number of hydrogen-bond acceptors (Lipinski definition) is 3. The minimum Gasteiger partial charge on any atom is -0.496 e. The van der Waals surface area contributed by atoms with Crippen molar-refractivity contribution in [2.24, 2.45) is 0 Å². The first kappa shape index (κ1) is 18.9. The summed E-state index contributed by atoms with van der Waals surface area (Å²) < 4.78 is 22.2. The Kier molecular flexibility index (Phi) is 5.40. The van der Waals surface area contributed by atoms with Gasteiger partial charge >= 0.3 is 0 Å². The molecule has 4 nitrogen and oxygen atoms in total. The fourth-order valence-electron chi connectivity index (χ4n) is 3.46. The van der Waals surface area contributed by atoms with Gasteiger partial charge in [-0.1, -0.05) is 66.7 Å². The molecule has 0 aliphatic heterocycles. The van der Waals surface area contributed by atoms with Crippen molar-refractivity contribution in [2.75, 3.05) is 7.11 Å². The van der Waals surface area contributed by atoms with E-state index >= 15 is 0 Å². The maximum Gasteiger partial charge on any atom is 0.136 e. The van der Waals surface area contributed by atoms with E-state index < -0.39 is 11.9 Å². The Morgan fingerprint density at radius 1 is 0.966 bits per heavy atom. The van der Waals surface area contributed by atoms with Crippen LogP contribution in [0.25, 0.3) is 22.5 Å². The van der Waals surface area contributed by atoms with Crippen molar-refractivity contribution in [1.29, 1.82) is 0 Å². The Labute approximate surface area is 168 Å². The van der Waals surface area contributed by atoms with Crippen molar-refractivity contribution in [2.45, 2.75) is 12.6 Å². The zero-order valence-corrected chi connectivity index (χ0v) is 16.0. The molecule has 0 radical (unpaired) electrons. The number of aliphatic hydroxyl groups is 1. The highest BCUT2D eigenvalue weighted by Crippen LogP contribution is 2.39. The van der Waals surface area contributed by atoms with Crippen molar-refractivity contribution < 1.29 is 14.2 Å². The van der Waals surface area contributed by atoms with Gasteiger partial charge in [-0.3, -0.25) is 0 Å². The molecule has 1 atom stereocenters. The molecule has 5 heteroatoms. The summed E-state index contributed by atoms with van der Waals surface area (Å²) in [6, 6.07) is 23.7. The van der Waals surface area contributed by atoms with E-state index in [-0.39, 0.29) is 6.54 Å². The predicted octanol–water partition coefficient (Wildman–Crippen LogP) is 5.10. The SMILES string of the molecule is COc1cccc(F)c1-c1c(-c2ccccc2)ncn1C[C@@H](O)c1ccccc1. The number of nitrogens with zero attached hydrogens (tertiary/aromatic N) is 2. The number of ether oxygens (including phenoxy) is 1. The molecule has 0 aliphatic rings. The molecule has 4 rings (SSSR count). The summed E-state index contributed by atoms with van der Waals surface area (Å²) >= 11 is 0. The van der Waals surface area contributed by atoms with Crippen molar-refractivity contribution in [3.8, 4) is 28.3 Å². The van der Waals surface area contributed by atoms with Crippen molar-refractivity contribution in [1.82, 2.24) is 9.55 Å². The first-order valence-corrected chi connectivity index (χ1v) is 9.35. The van der Waals surface area contributed by atoms with Gasteiger partial charge in [-0.15, -0.1) is 0 Å². The average Bonchev–Trinajstić information content (AvgIpc) is 3.17. The van der Waals surface area contributed by atoms with Crippen molar-refractivity contribution >= 4 is 0 Å². The van der Waals surface area contributed by atoms with Gasteiger partial charge < -0.3 is 14.4 Å². The van der Waals surface area contributed by atoms with Crippen LogP contribution in [-0.4, -0.2) is 21.8 Å². The highest BCUT2D eigenvalue weighted by molar-refractivity contribution is 5.82. The predicted molar refractivity (Wildman–Crippen MR) is 111 cm³/mol. The fourth-order valence-corrected chi connectivity index (χ4v) is 3.46. The third kappa shape index (κ3) is 3.77. The molecule has 0 saturated heterocycles. The van der Waals surface area contributed by atoms with Gasteiger partial charge in [0.15, 0.2) is 0 Å². The summed E-state index contributed by atoms with van der Waals surface area (Å²) in [5.41, 5.74) is 3.18. The topological polar surface area (TPSA) is 47.3 Å². The maximum atomic E-state index is 15.0. The molecule has 3 aromatic carbocycles. The lowest BCUT2D eigenvalue weighted by molar-refractivity contribution is 0.157. The van der Waals surface area contributed by atoms with Gasteiger partial charge in [0.1, 0.15) is 11.6 Å². The van der Waals surface area contributed by atoms with Gasteiger partial charge in [-0.2, -0.15) is 0 Å². The van der Waals surface area contributed by atoms with Crippen LogP contribution >= 0.6 is 0 Å². The van der Waals surface area contributed by atoms with E-state index in [9.17, 15) is 9.50 Å². The fraction of sp³-hybridized carbons (Fsp3) is 0.125. The van der Waals surface area contributed by atoms with Crippen LogP contribution in [0.1, 0.15) is 11.7 Å². The van der Waals surface area contributed by atoms with E-state index in [1.807, 2.05) is 60.7 Å². The maximum absolute atomic E-state index is 15.0. The lowest BCUT2D eigenvalue weighted by Gasteiger charge is -2.17. The summed E-state index contributed by atoms with van der Waals surface area (Å²) in [7, 11) is 1.51. The van der Waals surface area contributed by atoms with E-state index in [2.05, 4.69) is 4.98 Å². The van der Waals surface area contributed by atoms with E-state index in [0.717, 1.165) is 11.1 Å². The number of aliphatic hydroxyl groups excluding tert-OH is 1. The van der Waals surface area contributed by atoms with Crippen LogP contribution in [0.2, 0.25) is 0 Å². The number of imidazole rings is 1. The molecule has 0 bridgehead atoms. The molecule has 29 heavy (non-hydrogen) atoms. The zero-order valence-electron chi connectivity index (χ0n) is 16.0. The summed E-state index contributed by atoms with van der Waals surface area (Å²) in [6.45, 7) is 0.233. The van der Waals surface area contributed by atoms with E-state index in [4.69, 9.17) is 4.74 Å². The first-order chi connectivity index (χ1) is 14.2. The average molecular weight is 388 g/mol. The molecule has 0 saturated carbocycles. The normalized spacial score (nSPS) is 12.0. The van der Waals surface area contributed by atoms with Crippen LogP contribution in [0.15, 0.2) is 85.2 Å². The number of benzene rings is 3. The van der Waals surface area contributed by atoms with Gasteiger partial charge in [0.05, 0.1) is 43.0 Å². The van der Waals surface area contributed by atoms with Crippen LogP contribution in [-0.2, 0) is 6.54 Å². The Bertz CT molecular complexity index is 1090. The van der Waals surface area contributed by atoms with E-state index in [1.54, 1.807) is 23.0 Å². The van der Waals surface area contributed by atoms with Gasteiger partial charge in [0.25, 0.3) is 0 Å². The molecule has 146 valence electrons. The molecule has 0 spiro atoms. The van der Waals surface area contributed by atoms with Gasteiger partial charge in [0, 0.05) is 5.56 Å². The van der Waals surface area contributed by atoms with Gasteiger partial charge in [-0.05, 0) is 17.7 Å². The molecule has 1 aromatic heterocycles.